The van der Waals surface area contributed by atoms with E-state index in [1.807, 2.05) is 36.4 Å². The van der Waals surface area contributed by atoms with E-state index >= 15 is 0 Å². The number of carbonyl (C=O) groups excluding carboxylic acids is 1. The normalized spacial score (nSPS) is 24.9. The first-order chi connectivity index (χ1) is 17.0. The minimum atomic E-state index is -1.12. The standard InChI is InChI=1S/C29H26N4O2/c1-33-27(34)29(32-28(33)31)16-26(23-11-5-8-19-7-2-3-10-22(19)23)35-25-13-12-21(15-24(25)29)20-9-4-6-18(14-20)17-30/h2-4,6-7,9-10,12-15,23,26H,5,8,11,16H2,1H3,(H2,31,32)/t23?,26-,29?/m1/s1. The molecule has 2 heterocycles. The summed E-state index contributed by atoms with van der Waals surface area (Å²) in [6.45, 7) is 0. The number of rotatable bonds is 2. The van der Waals surface area contributed by atoms with E-state index in [2.05, 4.69) is 30.3 Å². The number of hydrogen-bond acceptors (Lipinski definition) is 5. The van der Waals surface area contributed by atoms with Crippen LogP contribution in [0.15, 0.2) is 71.7 Å². The van der Waals surface area contributed by atoms with E-state index in [0.717, 1.165) is 36.0 Å². The maximum atomic E-state index is 13.7. The monoisotopic (exact) mass is 462 g/mol. The Kier molecular flexibility index (Phi) is 4.89. The van der Waals surface area contributed by atoms with Gasteiger partial charge in [-0.05, 0) is 65.8 Å². The van der Waals surface area contributed by atoms with Crippen LogP contribution in [-0.2, 0) is 16.8 Å². The number of hydrogen-bond donors (Lipinski definition) is 1. The molecule has 35 heavy (non-hydrogen) atoms. The highest BCUT2D eigenvalue weighted by atomic mass is 16.5. The van der Waals surface area contributed by atoms with Crippen LogP contribution in [0.2, 0.25) is 0 Å². The molecule has 3 aromatic carbocycles. The van der Waals surface area contributed by atoms with Gasteiger partial charge in [-0.2, -0.15) is 5.26 Å². The molecule has 0 saturated carbocycles. The van der Waals surface area contributed by atoms with Gasteiger partial charge < -0.3 is 10.5 Å². The molecular weight excluding hydrogens is 436 g/mol. The van der Waals surface area contributed by atoms with E-state index in [1.165, 1.54) is 16.0 Å². The van der Waals surface area contributed by atoms with Crippen LogP contribution in [0.5, 0.6) is 5.75 Å². The van der Waals surface area contributed by atoms with Crippen LogP contribution >= 0.6 is 0 Å². The summed E-state index contributed by atoms with van der Waals surface area (Å²) in [5.74, 6) is 0.955. The highest BCUT2D eigenvalue weighted by molar-refractivity contribution is 6.07. The average molecular weight is 463 g/mol. The van der Waals surface area contributed by atoms with E-state index in [0.29, 0.717) is 17.7 Å². The number of ether oxygens (including phenoxy) is 1. The first-order valence-corrected chi connectivity index (χ1v) is 12.0. The Labute approximate surface area is 204 Å². The maximum Gasteiger partial charge on any atom is 0.261 e. The molecule has 2 unspecified atom stereocenters. The van der Waals surface area contributed by atoms with Gasteiger partial charge in [0.1, 0.15) is 11.9 Å². The highest BCUT2D eigenvalue weighted by Crippen LogP contribution is 2.50. The molecule has 174 valence electrons. The Morgan fingerprint density at radius 2 is 1.94 bits per heavy atom. The smallest absolute Gasteiger partial charge is 0.261 e. The summed E-state index contributed by atoms with van der Waals surface area (Å²) in [6, 6.07) is 24.1. The number of amides is 1. The number of fused-ring (bicyclic) bond motifs is 3. The number of nitriles is 1. The molecule has 1 spiro atoms. The zero-order valence-electron chi connectivity index (χ0n) is 19.6. The Balaban J connectivity index is 1.48. The van der Waals surface area contributed by atoms with Gasteiger partial charge in [-0.15, -0.1) is 0 Å². The fourth-order valence-electron chi connectivity index (χ4n) is 5.92. The molecule has 1 amide bonds. The van der Waals surface area contributed by atoms with Gasteiger partial charge >= 0.3 is 0 Å². The third-order valence-electron chi connectivity index (χ3n) is 7.70. The van der Waals surface area contributed by atoms with Crippen molar-refractivity contribution in [2.24, 2.45) is 10.7 Å². The molecule has 0 saturated heterocycles. The Bertz CT molecular complexity index is 1420. The van der Waals surface area contributed by atoms with Crippen LogP contribution in [0.25, 0.3) is 11.1 Å². The number of likely N-dealkylation sites (N-methyl/N-ethyl adjacent to an activating group) is 1. The molecule has 0 bridgehead atoms. The van der Waals surface area contributed by atoms with E-state index < -0.39 is 5.54 Å². The molecule has 3 atom stereocenters. The lowest BCUT2D eigenvalue weighted by Crippen LogP contribution is -2.47. The maximum absolute atomic E-state index is 13.7. The average Bonchev–Trinajstić information content (AvgIpc) is 3.11. The van der Waals surface area contributed by atoms with Gasteiger partial charge in [0, 0.05) is 24.9 Å². The van der Waals surface area contributed by atoms with Gasteiger partial charge in [0.15, 0.2) is 11.5 Å². The Hall–Kier alpha value is -4.11. The summed E-state index contributed by atoms with van der Waals surface area (Å²) in [5.41, 5.74) is 10.9. The minimum absolute atomic E-state index is 0.128. The van der Waals surface area contributed by atoms with Crippen molar-refractivity contribution in [1.82, 2.24) is 4.90 Å². The van der Waals surface area contributed by atoms with Crippen LogP contribution in [0.4, 0.5) is 0 Å². The van der Waals surface area contributed by atoms with Crippen molar-refractivity contribution in [2.45, 2.75) is 43.2 Å². The molecule has 6 rings (SSSR count). The number of aryl methyl sites for hydroxylation is 1. The zero-order chi connectivity index (χ0) is 24.2. The summed E-state index contributed by atoms with van der Waals surface area (Å²) >= 11 is 0. The number of nitrogens with zero attached hydrogens (tertiary/aromatic N) is 3. The molecule has 6 nitrogen and oxygen atoms in total. The molecule has 0 aromatic heterocycles. The SMILES string of the molecule is CN1C(=O)C2(C[C@H](C3CCCc4ccccc43)Oc3ccc(-c4cccc(C#N)c4)cc32)N=C1N. The predicted octanol–water partition coefficient (Wildman–Crippen LogP) is 4.48. The van der Waals surface area contributed by atoms with Crippen LogP contribution in [0.3, 0.4) is 0 Å². The zero-order valence-corrected chi connectivity index (χ0v) is 19.6. The fraction of sp³-hybridized carbons (Fsp3) is 0.276. The van der Waals surface area contributed by atoms with Gasteiger partial charge in [0.05, 0.1) is 11.6 Å². The second-order valence-corrected chi connectivity index (χ2v) is 9.66. The number of guanidine groups is 1. The number of aliphatic imine (C=N–C) groups is 1. The molecule has 0 fully saturated rings. The second kappa shape index (κ2) is 7.99. The van der Waals surface area contributed by atoms with Crippen molar-refractivity contribution in [3.05, 3.63) is 89.0 Å². The number of nitrogens with two attached hydrogens (primary N) is 1. The summed E-state index contributed by atoms with van der Waals surface area (Å²) in [5, 5.41) is 9.33. The second-order valence-electron chi connectivity index (χ2n) is 9.66. The quantitative estimate of drug-likeness (QED) is 0.608. The van der Waals surface area contributed by atoms with E-state index in [9.17, 15) is 10.1 Å². The largest absolute Gasteiger partial charge is 0.489 e. The molecule has 3 aromatic rings. The van der Waals surface area contributed by atoms with E-state index in [1.54, 1.807) is 13.1 Å². The number of carbonyl (C=O) groups is 1. The fourth-order valence-corrected chi connectivity index (χ4v) is 5.92. The van der Waals surface area contributed by atoms with Crippen molar-refractivity contribution >= 4 is 11.9 Å². The third-order valence-corrected chi connectivity index (χ3v) is 7.70. The Morgan fingerprint density at radius 3 is 2.74 bits per heavy atom. The van der Waals surface area contributed by atoms with Gasteiger partial charge in [0.2, 0.25) is 0 Å². The van der Waals surface area contributed by atoms with Crippen LogP contribution in [0.1, 0.15) is 47.4 Å². The summed E-state index contributed by atoms with van der Waals surface area (Å²) in [4.78, 5) is 19.9. The lowest BCUT2D eigenvalue weighted by Gasteiger charge is -2.41. The first-order valence-electron chi connectivity index (χ1n) is 12.0. The minimum Gasteiger partial charge on any atom is -0.489 e. The van der Waals surface area contributed by atoms with Crippen molar-refractivity contribution in [3.8, 4) is 22.9 Å². The summed E-state index contributed by atoms with van der Waals surface area (Å²) in [7, 11) is 1.68. The molecular formula is C29H26N4O2. The van der Waals surface area contributed by atoms with Gasteiger partial charge in [0.25, 0.3) is 5.91 Å². The molecule has 3 aliphatic rings. The Morgan fingerprint density at radius 1 is 1.11 bits per heavy atom. The van der Waals surface area contributed by atoms with Gasteiger partial charge in [-0.25, -0.2) is 4.99 Å². The van der Waals surface area contributed by atoms with Crippen LogP contribution in [-0.4, -0.2) is 29.9 Å². The summed E-state index contributed by atoms with van der Waals surface area (Å²) < 4.78 is 6.64. The van der Waals surface area contributed by atoms with E-state index in [-0.39, 0.29) is 23.9 Å². The van der Waals surface area contributed by atoms with Crippen molar-refractivity contribution < 1.29 is 9.53 Å². The lowest BCUT2D eigenvalue weighted by atomic mass is 9.73. The molecule has 1 aliphatic carbocycles. The van der Waals surface area contributed by atoms with Crippen LogP contribution in [0, 0.1) is 11.3 Å². The molecule has 2 N–H and O–H groups in total. The lowest BCUT2D eigenvalue weighted by molar-refractivity contribution is -0.132. The van der Waals surface area contributed by atoms with Crippen molar-refractivity contribution in [1.29, 1.82) is 5.26 Å². The van der Waals surface area contributed by atoms with Crippen molar-refractivity contribution in [2.75, 3.05) is 7.05 Å². The first kappa shape index (κ1) is 21.4. The van der Waals surface area contributed by atoms with Gasteiger partial charge in [-0.1, -0.05) is 42.5 Å². The van der Waals surface area contributed by atoms with Crippen LogP contribution < -0.4 is 10.5 Å². The predicted molar refractivity (Wildman–Crippen MR) is 134 cm³/mol. The molecule has 2 aliphatic heterocycles. The molecule has 0 radical (unpaired) electrons. The summed E-state index contributed by atoms with van der Waals surface area (Å²) in [6.07, 6.45) is 3.41. The van der Waals surface area contributed by atoms with Crippen molar-refractivity contribution in [3.63, 3.8) is 0 Å². The highest BCUT2D eigenvalue weighted by Gasteiger charge is 2.54. The number of benzene rings is 3. The topological polar surface area (TPSA) is 91.7 Å². The van der Waals surface area contributed by atoms with Gasteiger partial charge in [-0.3, -0.25) is 9.69 Å². The third kappa shape index (κ3) is 3.30. The molecule has 6 heteroatoms. The van der Waals surface area contributed by atoms with E-state index in [4.69, 9.17) is 15.5 Å².